The molecule has 0 aromatic heterocycles. The lowest BCUT2D eigenvalue weighted by Crippen LogP contribution is -2.44. The van der Waals surface area contributed by atoms with Crippen LogP contribution < -0.4 is 0 Å². The Bertz CT molecular complexity index is 776. The number of unbranched alkanes of at least 4 members (excludes halogenated alkanes) is 1. The van der Waals surface area contributed by atoms with Gasteiger partial charge in [-0.1, -0.05) is 61.4 Å². The molecule has 0 spiro atoms. The Kier molecular flexibility index (Phi) is 6.56. The van der Waals surface area contributed by atoms with E-state index in [0.717, 1.165) is 24.0 Å². The Morgan fingerprint density at radius 1 is 1.11 bits per heavy atom. The number of benzene rings is 2. The van der Waals surface area contributed by atoms with Gasteiger partial charge in [-0.3, -0.25) is 4.79 Å². The fourth-order valence-corrected chi connectivity index (χ4v) is 4.48. The molecule has 0 unspecified atom stereocenters. The van der Waals surface area contributed by atoms with Gasteiger partial charge in [0.25, 0.3) is 5.91 Å². The lowest BCUT2D eigenvalue weighted by molar-refractivity contribution is -0.148. The molecular formula is C22H25NO3S. The molecular weight excluding hydrogens is 358 g/mol. The van der Waals surface area contributed by atoms with E-state index in [2.05, 4.69) is 6.92 Å². The molecule has 2 aromatic carbocycles. The zero-order chi connectivity index (χ0) is 19.2. The van der Waals surface area contributed by atoms with Crippen LogP contribution in [0.5, 0.6) is 0 Å². The SMILES string of the molecule is CCCCOC(=O)[C@H]1CS[C@@H](c2ccccc2)N1C(=O)c1ccc(C)cc1. The average molecular weight is 384 g/mol. The van der Waals surface area contributed by atoms with Crippen molar-refractivity contribution < 1.29 is 14.3 Å². The molecule has 4 nitrogen and oxygen atoms in total. The van der Waals surface area contributed by atoms with Crippen LogP contribution in [0.3, 0.4) is 0 Å². The highest BCUT2D eigenvalue weighted by molar-refractivity contribution is 7.99. The van der Waals surface area contributed by atoms with Crippen molar-refractivity contribution in [3.05, 3.63) is 71.3 Å². The summed E-state index contributed by atoms with van der Waals surface area (Å²) >= 11 is 1.61. The maximum atomic E-state index is 13.3. The number of esters is 1. The fraction of sp³-hybridized carbons (Fsp3) is 0.364. The minimum absolute atomic E-state index is 0.133. The fourth-order valence-electron chi connectivity index (χ4n) is 3.07. The number of ether oxygens (including phenoxy) is 1. The van der Waals surface area contributed by atoms with Gasteiger partial charge < -0.3 is 9.64 Å². The Labute approximate surface area is 164 Å². The van der Waals surface area contributed by atoms with Gasteiger partial charge in [-0.15, -0.1) is 11.8 Å². The van der Waals surface area contributed by atoms with Crippen molar-refractivity contribution in [3.8, 4) is 0 Å². The number of nitrogens with zero attached hydrogens (tertiary/aromatic N) is 1. The Balaban J connectivity index is 1.88. The van der Waals surface area contributed by atoms with Crippen LogP contribution in [0.2, 0.25) is 0 Å². The highest BCUT2D eigenvalue weighted by Crippen LogP contribution is 2.42. The summed E-state index contributed by atoms with van der Waals surface area (Å²) in [7, 11) is 0. The third-order valence-corrected chi connectivity index (χ3v) is 5.96. The van der Waals surface area contributed by atoms with Crippen LogP contribution in [-0.4, -0.2) is 35.2 Å². The molecule has 3 rings (SSSR count). The maximum absolute atomic E-state index is 13.3. The average Bonchev–Trinajstić information content (AvgIpc) is 3.14. The number of carbonyl (C=O) groups excluding carboxylic acids is 2. The number of aryl methyl sites for hydroxylation is 1. The monoisotopic (exact) mass is 383 g/mol. The third kappa shape index (κ3) is 4.53. The predicted octanol–water partition coefficient (Wildman–Crippen LogP) is 4.59. The zero-order valence-electron chi connectivity index (χ0n) is 15.8. The molecule has 5 heteroatoms. The van der Waals surface area contributed by atoms with Crippen molar-refractivity contribution in [2.75, 3.05) is 12.4 Å². The van der Waals surface area contributed by atoms with E-state index in [0.29, 0.717) is 17.9 Å². The van der Waals surface area contributed by atoms with Gasteiger partial charge in [-0.25, -0.2) is 4.79 Å². The van der Waals surface area contributed by atoms with Crippen LogP contribution in [-0.2, 0) is 9.53 Å². The van der Waals surface area contributed by atoms with E-state index in [1.807, 2.05) is 61.5 Å². The summed E-state index contributed by atoms with van der Waals surface area (Å²) in [5.41, 5.74) is 2.71. The van der Waals surface area contributed by atoms with Gasteiger partial charge in [0.05, 0.1) is 6.61 Å². The number of thioether (sulfide) groups is 1. The smallest absolute Gasteiger partial charge is 0.329 e. The molecule has 0 saturated carbocycles. The molecule has 1 aliphatic heterocycles. The van der Waals surface area contributed by atoms with Crippen LogP contribution in [0.15, 0.2) is 54.6 Å². The van der Waals surface area contributed by atoms with Gasteiger partial charge >= 0.3 is 5.97 Å². The van der Waals surface area contributed by atoms with Crippen LogP contribution in [0, 0.1) is 6.92 Å². The molecule has 27 heavy (non-hydrogen) atoms. The summed E-state index contributed by atoms with van der Waals surface area (Å²) in [5, 5.41) is -0.191. The van der Waals surface area contributed by atoms with Crippen LogP contribution in [0.25, 0.3) is 0 Å². The first-order valence-electron chi connectivity index (χ1n) is 9.34. The minimum atomic E-state index is -0.564. The molecule has 1 saturated heterocycles. The van der Waals surface area contributed by atoms with Crippen molar-refractivity contribution in [2.45, 2.75) is 38.1 Å². The minimum Gasteiger partial charge on any atom is -0.464 e. The summed E-state index contributed by atoms with van der Waals surface area (Å²) in [5.74, 6) is 0.100. The Morgan fingerprint density at radius 2 is 1.81 bits per heavy atom. The van der Waals surface area contributed by atoms with E-state index in [1.165, 1.54) is 0 Å². The maximum Gasteiger partial charge on any atom is 0.329 e. The van der Waals surface area contributed by atoms with Crippen molar-refractivity contribution in [3.63, 3.8) is 0 Å². The number of amides is 1. The standard InChI is InChI=1S/C22H25NO3S/c1-3-4-14-26-22(25)19-15-27-21(18-8-6-5-7-9-18)23(19)20(24)17-12-10-16(2)11-13-17/h5-13,19,21H,3-4,14-15H2,1-2H3/t19-,21+/m1/s1. The predicted molar refractivity (Wildman–Crippen MR) is 109 cm³/mol. The van der Waals surface area contributed by atoms with E-state index < -0.39 is 6.04 Å². The molecule has 2 atom stereocenters. The largest absolute Gasteiger partial charge is 0.464 e. The molecule has 1 amide bonds. The first-order valence-corrected chi connectivity index (χ1v) is 10.4. The van der Waals surface area contributed by atoms with E-state index in [9.17, 15) is 9.59 Å². The molecule has 2 aromatic rings. The summed E-state index contributed by atoms with van der Waals surface area (Å²) in [6, 6.07) is 16.8. The van der Waals surface area contributed by atoms with E-state index >= 15 is 0 Å². The number of carbonyl (C=O) groups is 2. The van der Waals surface area contributed by atoms with Crippen LogP contribution >= 0.6 is 11.8 Å². The van der Waals surface area contributed by atoms with Gasteiger partial charge in [0.1, 0.15) is 11.4 Å². The van der Waals surface area contributed by atoms with Crippen molar-refractivity contribution in [2.24, 2.45) is 0 Å². The Hall–Kier alpha value is -2.27. The molecule has 0 aliphatic carbocycles. The zero-order valence-corrected chi connectivity index (χ0v) is 16.6. The van der Waals surface area contributed by atoms with Gasteiger partial charge in [0, 0.05) is 11.3 Å². The second kappa shape index (κ2) is 9.09. The van der Waals surface area contributed by atoms with E-state index in [4.69, 9.17) is 4.74 Å². The summed E-state index contributed by atoms with van der Waals surface area (Å²) in [4.78, 5) is 27.7. The number of rotatable bonds is 6. The third-order valence-electron chi connectivity index (χ3n) is 4.63. The highest BCUT2D eigenvalue weighted by Gasteiger charge is 2.43. The van der Waals surface area contributed by atoms with Crippen molar-refractivity contribution >= 4 is 23.6 Å². The molecule has 1 heterocycles. The molecule has 0 bridgehead atoms. The number of hydrogen-bond acceptors (Lipinski definition) is 4. The first kappa shape index (κ1) is 19.5. The molecule has 1 aliphatic rings. The highest BCUT2D eigenvalue weighted by atomic mass is 32.2. The van der Waals surface area contributed by atoms with Gasteiger partial charge in [-0.2, -0.15) is 0 Å². The molecule has 0 N–H and O–H groups in total. The molecule has 0 radical (unpaired) electrons. The second-order valence-electron chi connectivity index (χ2n) is 6.71. The van der Waals surface area contributed by atoms with E-state index in [1.54, 1.807) is 16.7 Å². The Morgan fingerprint density at radius 3 is 2.48 bits per heavy atom. The second-order valence-corrected chi connectivity index (χ2v) is 7.82. The van der Waals surface area contributed by atoms with Gasteiger partial charge in [0.2, 0.25) is 0 Å². The van der Waals surface area contributed by atoms with E-state index in [-0.39, 0.29) is 17.3 Å². The summed E-state index contributed by atoms with van der Waals surface area (Å²) < 4.78 is 5.44. The van der Waals surface area contributed by atoms with Gasteiger partial charge in [0.15, 0.2) is 0 Å². The normalized spacial score (nSPS) is 19.1. The van der Waals surface area contributed by atoms with Gasteiger partial charge in [-0.05, 0) is 31.0 Å². The van der Waals surface area contributed by atoms with Crippen molar-refractivity contribution in [1.29, 1.82) is 0 Å². The lowest BCUT2D eigenvalue weighted by atomic mass is 10.1. The molecule has 142 valence electrons. The van der Waals surface area contributed by atoms with Crippen LogP contribution in [0.1, 0.15) is 46.6 Å². The number of hydrogen-bond donors (Lipinski definition) is 0. The summed E-state index contributed by atoms with van der Waals surface area (Å²) in [6.07, 6.45) is 1.80. The van der Waals surface area contributed by atoms with Crippen LogP contribution in [0.4, 0.5) is 0 Å². The molecule has 1 fully saturated rings. The topological polar surface area (TPSA) is 46.6 Å². The lowest BCUT2D eigenvalue weighted by Gasteiger charge is -2.28. The quantitative estimate of drug-likeness (QED) is 0.540. The van der Waals surface area contributed by atoms with Crippen molar-refractivity contribution in [1.82, 2.24) is 4.90 Å². The first-order chi connectivity index (χ1) is 13.1. The summed E-state index contributed by atoms with van der Waals surface area (Å²) in [6.45, 7) is 4.44.